The van der Waals surface area contributed by atoms with Crippen molar-refractivity contribution < 1.29 is 4.79 Å². The molecule has 1 aromatic carbocycles. The van der Waals surface area contributed by atoms with Gasteiger partial charge in [0.15, 0.2) is 5.43 Å². The Morgan fingerprint density at radius 3 is 3.08 bits per heavy atom. The molecule has 0 fully saturated rings. The van der Waals surface area contributed by atoms with E-state index in [4.69, 9.17) is 0 Å². The van der Waals surface area contributed by atoms with Gasteiger partial charge >= 0.3 is 0 Å². The molecule has 0 saturated carbocycles. The molecule has 4 rings (SSSR count). The van der Waals surface area contributed by atoms with Gasteiger partial charge in [-0.1, -0.05) is 12.1 Å². The van der Waals surface area contributed by atoms with Gasteiger partial charge in [0.05, 0.1) is 11.6 Å². The van der Waals surface area contributed by atoms with E-state index in [2.05, 4.69) is 22.1 Å². The number of hydrogen-bond donors (Lipinski definition) is 2. The highest BCUT2D eigenvalue weighted by Crippen LogP contribution is 2.26. The monoisotopic (exact) mass is 353 g/mol. The van der Waals surface area contributed by atoms with E-state index in [-0.39, 0.29) is 23.9 Å². The van der Waals surface area contributed by atoms with E-state index in [0.717, 1.165) is 18.5 Å². The summed E-state index contributed by atoms with van der Waals surface area (Å²) < 4.78 is 1.82. The van der Waals surface area contributed by atoms with E-state index in [1.165, 1.54) is 16.5 Å². The van der Waals surface area contributed by atoms with Gasteiger partial charge in [-0.05, 0) is 35.6 Å². The molecular weight excluding hydrogens is 334 g/mol. The van der Waals surface area contributed by atoms with Gasteiger partial charge in [0.25, 0.3) is 0 Å². The van der Waals surface area contributed by atoms with Crippen LogP contribution in [0.25, 0.3) is 10.9 Å². The van der Waals surface area contributed by atoms with E-state index in [9.17, 15) is 9.59 Å². The number of nitrogens with one attached hydrogen (secondary N) is 2. The molecule has 25 heavy (non-hydrogen) atoms. The summed E-state index contributed by atoms with van der Waals surface area (Å²) in [5, 5.41) is 9.22. The van der Waals surface area contributed by atoms with Crippen molar-refractivity contribution in [1.82, 2.24) is 15.2 Å². The number of amides is 1. The number of carbonyl (C=O) groups excluding carboxylic acids is 1. The predicted molar refractivity (Wildman–Crippen MR) is 100.0 cm³/mol. The second kappa shape index (κ2) is 6.82. The standard InChI is InChI=1S/C19H19N3O2S/c23-17-6-9-22(16-4-2-1-3-14(16)17)12-19(24)21-11-15-13-7-10-25-18(13)5-8-20-15/h1-4,6-7,9-10,15,20H,5,8,11-12H2,(H,21,24). The van der Waals surface area contributed by atoms with Crippen LogP contribution >= 0.6 is 11.3 Å². The molecule has 3 heterocycles. The molecule has 0 saturated heterocycles. The first kappa shape index (κ1) is 16.1. The maximum atomic E-state index is 12.4. The third-order valence-corrected chi connectivity index (χ3v) is 5.60. The molecule has 0 aliphatic carbocycles. The Balaban J connectivity index is 1.46. The summed E-state index contributed by atoms with van der Waals surface area (Å²) in [7, 11) is 0. The Labute approximate surface area is 149 Å². The van der Waals surface area contributed by atoms with Crippen molar-refractivity contribution in [2.45, 2.75) is 19.0 Å². The Bertz CT molecular complexity index is 976. The number of thiophene rings is 1. The van der Waals surface area contributed by atoms with Crippen LogP contribution in [0.15, 0.2) is 52.8 Å². The van der Waals surface area contributed by atoms with E-state index in [0.29, 0.717) is 11.9 Å². The number of pyridine rings is 1. The van der Waals surface area contributed by atoms with Crippen molar-refractivity contribution in [1.29, 1.82) is 0 Å². The van der Waals surface area contributed by atoms with Gasteiger partial charge in [0.2, 0.25) is 5.91 Å². The number of rotatable bonds is 4. The number of nitrogens with zero attached hydrogens (tertiary/aromatic N) is 1. The van der Waals surface area contributed by atoms with E-state index in [1.54, 1.807) is 23.6 Å². The van der Waals surface area contributed by atoms with Crippen LogP contribution in [0.2, 0.25) is 0 Å². The van der Waals surface area contributed by atoms with Crippen LogP contribution in [-0.2, 0) is 17.8 Å². The van der Waals surface area contributed by atoms with Gasteiger partial charge in [-0.25, -0.2) is 0 Å². The smallest absolute Gasteiger partial charge is 0.240 e. The lowest BCUT2D eigenvalue weighted by atomic mass is 10.0. The van der Waals surface area contributed by atoms with Crippen LogP contribution in [0.5, 0.6) is 0 Å². The predicted octanol–water partition coefficient (Wildman–Crippen LogP) is 2.07. The lowest BCUT2D eigenvalue weighted by Gasteiger charge is -2.24. The third-order valence-electron chi connectivity index (χ3n) is 4.60. The number of aromatic nitrogens is 1. The quantitative estimate of drug-likeness (QED) is 0.755. The Morgan fingerprint density at radius 1 is 1.28 bits per heavy atom. The molecule has 2 aromatic heterocycles. The first-order valence-corrected chi connectivity index (χ1v) is 9.25. The number of para-hydroxylation sites is 1. The molecule has 1 aliphatic heterocycles. The lowest BCUT2D eigenvalue weighted by Crippen LogP contribution is -2.39. The number of benzene rings is 1. The molecule has 1 atom stereocenters. The molecule has 3 aromatic rings. The molecule has 128 valence electrons. The normalized spacial score (nSPS) is 16.6. The Kier molecular flexibility index (Phi) is 4.38. The maximum absolute atomic E-state index is 12.4. The fourth-order valence-corrected chi connectivity index (χ4v) is 4.29. The summed E-state index contributed by atoms with van der Waals surface area (Å²) in [6.07, 6.45) is 2.74. The molecule has 1 unspecified atom stereocenters. The highest BCUT2D eigenvalue weighted by molar-refractivity contribution is 7.10. The minimum absolute atomic E-state index is 0.0244. The number of fused-ring (bicyclic) bond motifs is 2. The van der Waals surface area contributed by atoms with Gasteiger partial charge in [0.1, 0.15) is 6.54 Å². The third kappa shape index (κ3) is 3.23. The summed E-state index contributed by atoms with van der Waals surface area (Å²) in [6.45, 7) is 1.71. The first-order valence-electron chi connectivity index (χ1n) is 8.37. The zero-order valence-corrected chi connectivity index (χ0v) is 14.5. The molecule has 2 N–H and O–H groups in total. The number of carbonyl (C=O) groups is 1. The Hall–Kier alpha value is -2.44. The average molecular weight is 353 g/mol. The SMILES string of the molecule is O=C(Cn1ccc(=O)c2ccccc21)NCC1NCCc2sccc21. The van der Waals surface area contributed by atoms with Crippen molar-refractivity contribution in [2.75, 3.05) is 13.1 Å². The van der Waals surface area contributed by atoms with Gasteiger partial charge in [0, 0.05) is 35.6 Å². The molecule has 1 aliphatic rings. The Morgan fingerprint density at radius 2 is 2.16 bits per heavy atom. The minimum atomic E-state index is -0.0574. The van der Waals surface area contributed by atoms with Crippen LogP contribution in [0, 0.1) is 0 Å². The van der Waals surface area contributed by atoms with Crippen LogP contribution < -0.4 is 16.1 Å². The summed E-state index contributed by atoms with van der Waals surface area (Å²) in [6, 6.07) is 11.2. The van der Waals surface area contributed by atoms with Gasteiger partial charge in [-0.15, -0.1) is 11.3 Å². The van der Waals surface area contributed by atoms with Crippen molar-refractivity contribution in [3.63, 3.8) is 0 Å². The minimum Gasteiger partial charge on any atom is -0.353 e. The maximum Gasteiger partial charge on any atom is 0.240 e. The van der Waals surface area contributed by atoms with Crippen LogP contribution in [0.1, 0.15) is 16.5 Å². The highest BCUT2D eigenvalue weighted by Gasteiger charge is 2.21. The molecule has 0 spiro atoms. The molecule has 0 bridgehead atoms. The van der Waals surface area contributed by atoms with Gasteiger partial charge < -0.3 is 15.2 Å². The van der Waals surface area contributed by atoms with E-state index < -0.39 is 0 Å². The lowest BCUT2D eigenvalue weighted by molar-refractivity contribution is -0.121. The fourth-order valence-electron chi connectivity index (χ4n) is 3.34. The second-order valence-corrected chi connectivity index (χ2v) is 7.19. The molecule has 0 radical (unpaired) electrons. The average Bonchev–Trinajstić information content (AvgIpc) is 3.12. The van der Waals surface area contributed by atoms with Crippen LogP contribution in [0.4, 0.5) is 0 Å². The van der Waals surface area contributed by atoms with E-state index in [1.807, 2.05) is 22.8 Å². The van der Waals surface area contributed by atoms with Crippen LogP contribution in [-0.4, -0.2) is 23.6 Å². The number of hydrogen-bond acceptors (Lipinski definition) is 4. The highest BCUT2D eigenvalue weighted by atomic mass is 32.1. The van der Waals surface area contributed by atoms with Crippen LogP contribution in [0.3, 0.4) is 0 Å². The topological polar surface area (TPSA) is 63.1 Å². The molecular formula is C19H19N3O2S. The summed E-state index contributed by atoms with van der Waals surface area (Å²) in [4.78, 5) is 25.7. The van der Waals surface area contributed by atoms with Gasteiger partial charge in [-0.3, -0.25) is 9.59 Å². The fraction of sp³-hybridized carbons (Fsp3) is 0.263. The molecule has 1 amide bonds. The van der Waals surface area contributed by atoms with Crippen molar-refractivity contribution in [3.05, 3.63) is 68.6 Å². The largest absolute Gasteiger partial charge is 0.353 e. The van der Waals surface area contributed by atoms with Crippen molar-refractivity contribution >= 4 is 28.1 Å². The molecule has 5 nitrogen and oxygen atoms in total. The summed E-state index contributed by atoms with van der Waals surface area (Å²) >= 11 is 1.78. The summed E-state index contributed by atoms with van der Waals surface area (Å²) in [5.41, 5.74) is 2.05. The zero-order chi connectivity index (χ0) is 17.2. The summed E-state index contributed by atoms with van der Waals surface area (Å²) in [5.74, 6) is -0.0574. The molecule has 6 heteroatoms. The second-order valence-electron chi connectivity index (χ2n) is 6.18. The van der Waals surface area contributed by atoms with Crippen molar-refractivity contribution in [3.8, 4) is 0 Å². The van der Waals surface area contributed by atoms with Gasteiger partial charge in [-0.2, -0.15) is 0 Å². The van der Waals surface area contributed by atoms with E-state index >= 15 is 0 Å². The van der Waals surface area contributed by atoms with Crippen molar-refractivity contribution in [2.24, 2.45) is 0 Å². The zero-order valence-electron chi connectivity index (χ0n) is 13.7. The first-order chi connectivity index (χ1) is 12.2.